The van der Waals surface area contributed by atoms with Gasteiger partial charge < -0.3 is 5.32 Å². The second-order valence-electron chi connectivity index (χ2n) is 4.72. The van der Waals surface area contributed by atoms with E-state index in [0.29, 0.717) is 16.3 Å². The third kappa shape index (κ3) is 4.70. The van der Waals surface area contributed by atoms with Gasteiger partial charge in [0.2, 0.25) is 0 Å². The van der Waals surface area contributed by atoms with Crippen LogP contribution in [0.3, 0.4) is 0 Å². The number of hydrogen-bond acceptors (Lipinski definition) is 3. The van der Waals surface area contributed by atoms with Gasteiger partial charge in [-0.3, -0.25) is 4.79 Å². The highest BCUT2D eigenvalue weighted by atomic mass is 32.1. The predicted molar refractivity (Wildman–Crippen MR) is 75.3 cm³/mol. The number of nitrogens with one attached hydrogen (secondary N) is 1. The molecule has 1 heterocycles. The van der Waals surface area contributed by atoms with Gasteiger partial charge in [-0.15, -0.1) is 11.3 Å². The Hall–Kier alpha value is -2.10. The van der Waals surface area contributed by atoms with Gasteiger partial charge in [0.1, 0.15) is 5.01 Å². The second kappa shape index (κ2) is 6.80. The molecule has 0 saturated carbocycles. The summed E-state index contributed by atoms with van der Waals surface area (Å²) < 4.78 is 73.5. The highest BCUT2D eigenvalue weighted by molar-refractivity contribution is 7.13. The smallest absolute Gasteiger partial charge is 0.348 e. The van der Waals surface area contributed by atoms with Gasteiger partial charge in [-0.1, -0.05) is 12.1 Å². The summed E-state index contributed by atoms with van der Waals surface area (Å²) in [7, 11) is 0. The van der Waals surface area contributed by atoms with Crippen LogP contribution < -0.4 is 5.32 Å². The van der Waals surface area contributed by atoms with Crippen molar-refractivity contribution in [2.24, 2.45) is 0 Å². The molecule has 0 atom stereocenters. The SMILES string of the molecule is O=C(NCCc1csc(-c2ccc(C(F)(F)F)cc2)n1)C(F)(F)F. The van der Waals surface area contributed by atoms with Gasteiger partial charge in [0.05, 0.1) is 11.3 Å². The minimum absolute atomic E-state index is 0.0823. The van der Waals surface area contributed by atoms with Crippen LogP contribution in [0.4, 0.5) is 26.3 Å². The van der Waals surface area contributed by atoms with Gasteiger partial charge in [0.15, 0.2) is 0 Å². The van der Waals surface area contributed by atoms with Crippen molar-refractivity contribution in [3.63, 3.8) is 0 Å². The van der Waals surface area contributed by atoms with E-state index in [4.69, 9.17) is 0 Å². The van der Waals surface area contributed by atoms with Crippen LogP contribution in [0.15, 0.2) is 29.6 Å². The molecular weight excluding hydrogens is 358 g/mol. The van der Waals surface area contributed by atoms with E-state index in [2.05, 4.69) is 4.98 Å². The van der Waals surface area contributed by atoms with E-state index < -0.39 is 23.8 Å². The van der Waals surface area contributed by atoms with Crippen molar-refractivity contribution in [3.05, 3.63) is 40.9 Å². The minimum atomic E-state index is -4.94. The Morgan fingerprint density at radius 3 is 2.25 bits per heavy atom. The number of carbonyl (C=O) groups is 1. The molecule has 1 amide bonds. The molecule has 0 radical (unpaired) electrons. The van der Waals surface area contributed by atoms with Crippen molar-refractivity contribution in [1.29, 1.82) is 0 Å². The van der Waals surface area contributed by atoms with Crippen LogP contribution in [0.5, 0.6) is 0 Å². The number of alkyl halides is 6. The number of halogens is 6. The molecule has 0 bridgehead atoms. The zero-order valence-electron chi connectivity index (χ0n) is 11.8. The summed E-state index contributed by atoms with van der Waals surface area (Å²) in [6.45, 7) is -0.242. The van der Waals surface area contributed by atoms with E-state index in [1.54, 1.807) is 10.7 Å². The fourth-order valence-electron chi connectivity index (χ4n) is 1.76. The van der Waals surface area contributed by atoms with Crippen molar-refractivity contribution >= 4 is 17.2 Å². The fourth-order valence-corrected chi connectivity index (χ4v) is 2.62. The van der Waals surface area contributed by atoms with Crippen molar-refractivity contribution in [1.82, 2.24) is 10.3 Å². The molecule has 1 aromatic heterocycles. The van der Waals surface area contributed by atoms with Gasteiger partial charge in [-0.25, -0.2) is 4.98 Å². The van der Waals surface area contributed by atoms with Gasteiger partial charge >= 0.3 is 18.3 Å². The average molecular weight is 368 g/mol. The van der Waals surface area contributed by atoms with E-state index in [1.807, 2.05) is 0 Å². The summed E-state index contributed by atoms with van der Waals surface area (Å²) >= 11 is 1.15. The number of benzene rings is 1. The zero-order valence-corrected chi connectivity index (χ0v) is 12.6. The maximum absolute atomic E-state index is 12.5. The van der Waals surface area contributed by atoms with Crippen molar-refractivity contribution in [2.75, 3.05) is 6.54 Å². The predicted octanol–water partition coefficient (Wildman–Crippen LogP) is 4.05. The van der Waals surface area contributed by atoms with Gasteiger partial charge in [0.25, 0.3) is 0 Å². The van der Waals surface area contributed by atoms with Crippen molar-refractivity contribution in [3.8, 4) is 10.6 Å². The summed E-state index contributed by atoms with van der Waals surface area (Å²) in [6.07, 6.45) is -9.28. The third-order valence-corrected chi connectivity index (χ3v) is 3.88. The minimum Gasteiger partial charge on any atom is -0.348 e. The lowest BCUT2D eigenvalue weighted by atomic mass is 10.1. The zero-order chi connectivity index (χ0) is 18.0. The molecule has 24 heavy (non-hydrogen) atoms. The Morgan fingerprint density at radius 1 is 1.08 bits per heavy atom. The van der Waals surface area contributed by atoms with Crippen LogP contribution in [0.2, 0.25) is 0 Å². The van der Waals surface area contributed by atoms with E-state index >= 15 is 0 Å². The highest BCUT2D eigenvalue weighted by Gasteiger charge is 2.38. The van der Waals surface area contributed by atoms with Crippen LogP contribution in [0.25, 0.3) is 10.6 Å². The Kier molecular flexibility index (Phi) is 5.16. The first-order chi connectivity index (χ1) is 11.1. The van der Waals surface area contributed by atoms with E-state index in [0.717, 1.165) is 23.5 Å². The van der Waals surface area contributed by atoms with Gasteiger partial charge in [-0.2, -0.15) is 26.3 Å². The summed E-state index contributed by atoms with van der Waals surface area (Å²) in [5.41, 5.74) is 0.133. The fraction of sp³-hybridized carbons (Fsp3) is 0.286. The van der Waals surface area contributed by atoms with Crippen molar-refractivity contribution in [2.45, 2.75) is 18.8 Å². The monoisotopic (exact) mass is 368 g/mol. The molecule has 2 aromatic rings. The van der Waals surface area contributed by atoms with Crippen LogP contribution in [0.1, 0.15) is 11.3 Å². The molecule has 0 unspecified atom stereocenters. The molecule has 10 heteroatoms. The van der Waals surface area contributed by atoms with Crippen molar-refractivity contribution < 1.29 is 31.1 Å². The van der Waals surface area contributed by atoms with Crippen LogP contribution >= 0.6 is 11.3 Å². The molecule has 130 valence electrons. The Balaban J connectivity index is 1.97. The first-order valence-electron chi connectivity index (χ1n) is 6.54. The lowest BCUT2D eigenvalue weighted by Crippen LogP contribution is -2.37. The topological polar surface area (TPSA) is 42.0 Å². The molecule has 0 saturated heterocycles. The maximum Gasteiger partial charge on any atom is 0.471 e. The number of hydrogen-bond donors (Lipinski definition) is 1. The Labute approximate surface area is 136 Å². The molecule has 0 fully saturated rings. The van der Waals surface area contributed by atoms with E-state index in [9.17, 15) is 31.1 Å². The molecular formula is C14H10F6N2OS. The first-order valence-corrected chi connectivity index (χ1v) is 7.42. The normalized spacial score (nSPS) is 12.2. The quantitative estimate of drug-likeness (QED) is 0.828. The summed E-state index contributed by atoms with van der Waals surface area (Å²) in [6, 6.07) is 4.41. The lowest BCUT2D eigenvalue weighted by molar-refractivity contribution is -0.173. The lowest BCUT2D eigenvalue weighted by Gasteiger charge is -2.06. The number of amides is 1. The Bertz CT molecular complexity index is 705. The molecule has 0 aliphatic carbocycles. The molecule has 3 nitrogen and oxygen atoms in total. The number of aromatic nitrogens is 1. The third-order valence-electron chi connectivity index (χ3n) is 2.94. The number of rotatable bonds is 4. The molecule has 0 aliphatic heterocycles. The average Bonchev–Trinajstić information content (AvgIpc) is 2.94. The molecule has 1 N–H and O–H groups in total. The highest BCUT2D eigenvalue weighted by Crippen LogP contribution is 2.31. The second-order valence-corrected chi connectivity index (χ2v) is 5.58. The summed E-state index contributed by atoms with van der Waals surface area (Å²) in [4.78, 5) is 14.8. The first kappa shape index (κ1) is 18.2. The van der Waals surface area contributed by atoms with Crippen LogP contribution in [-0.2, 0) is 17.4 Å². The van der Waals surface area contributed by atoms with E-state index in [-0.39, 0.29) is 13.0 Å². The number of carbonyl (C=O) groups excluding carboxylic acids is 1. The summed E-state index contributed by atoms with van der Waals surface area (Å²) in [5.74, 6) is -2.03. The molecule has 2 rings (SSSR count). The van der Waals surface area contributed by atoms with Gasteiger partial charge in [0, 0.05) is 23.9 Å². The number of nitrogens with zero attached hydrogens (tertiary/aromatic N) is 1. The standard InChI is InChI=1S/C14H10F6N2OS/c15-13(16,17)9-3-1-8(2-4-9)11-22-10(7-24-11)5-6-21-12(23)14(18,19)20/h1-4,7H,5-6H2,(H,21,23). The molecule has 0 spiro atoms. The summed E-state index contributed by atoms with van der Waals surface area (Å²) in [5, 5.41) is 3.74. The maximum atomic E-state index is 12.5. The molecule has 1 aromatic carbocycles. The largest absolute Gasteiger partial charge is 0.471 e. The van der Waals surface area contributed by atoms with E-state index in [1.165, 1.54) is 12.1 Å². The van der Waals surface area contributed by atoms with Crippen LogP contribution in [0, 0.1) is 0 Å². The van der Waals surface area contributed by atoms with Gasteiger partial charge in [-0.05, 0) is 12.1 Å². The van der Waals surface area contributed by atoms with Crippen LogP contribution in [-0.4, -0.2) is 23.6 Å². The number of thiazole rings is 1. The molecule has 0 aliphatic rings. The Morgan fingerprint density at radius 2 is 1.71 bits per heavy atom.